The Hall–Kier alpha value is -4.55. The molecule has 0 heterocycles. The van der Waals surface area contributed by atoms with E-state index >= 15 is 0 Å². The summed E-state index contributed by atoms with van der Waals surface area (Å²) in [7, 11) is 0. The zero-order valence-electron chi connectivity index (χ0n) is 21.1. The smallest absolute Gasteiger partial charge is 0.410 e. The molecule has 0 aliphatic carbocycles. The summed E-state index contributed by atoms with van der Waals surface area (Å²) in [5, 5.41) is 21.6. The molecule has 0 aliphatic heterocycles. The Morgan fingerprint density at radius 3 is 2.43 bits per heavy atom. The second kappa shape index (κ2) is 12.4. The van der Waals surface area contributed by atoms with E-state index in [1.807, 2.05) is 30.3 Å². The Bertz CT molecular complexity index is 1300. The van der Waals surface area contributed by atoms with Crippen molar-refractivity contribution in [2.45, 2.75) is 33.2 Å². The van der Waals surface area contributed by atoms with Crippen LogP contribution in [0.1, 0.15) is 30.5 Å². The fraction of sp³-hybridized carbons (Fsp3) is 0.250. The zero-order chi connectivity index (χ0) is 26.9. The van der Waals surface area contributed by atoms with Crippen LogP contribution in [0.4, 0.5) is 21.9 Å². The van der Waals surface area contributed by atoms with Crippen molar-refractivity contribution in [1.29, 1.82) is 5.26 Å². The number of nitriles is 1. The van der Waals surface area contributed by atoms with Crippen molar-refractivity contribution in [3.8, 4) is 17.2 Å². The van der Waals surface area contributed by atoms with Crippen LogP contribution in [0.5, 0.6) is 0 Å². The van der Waals surface area contributed by atoms with Gasteiger partial charge in [-0.2, -0.15) is 5.26 Å². The van der Waals surface area contributed by atoms with Gasteiger partial charge in [0.15, 0.2) is 0 Å². The van der Waals surface area contributed by atoms with Gasteiger partial charge in [0, 0.05) is 18.7 Å². The van der Waals surface area contributed by atoms with Gasteiger partial charge in [-0.05, 0) is 67.3 Å². The molecule has 37 heavy (non-hydrogen) atoms. The van der Waals surface area contributed by atoms with E-state index in [-0.39, 0.29) is 25.5 Å². The van der Waals surface area contributed by atoms with E-state index < -0.39 is 12.1 Å². The van der Waals surface area contributed by atoms with E-state index in [1.54, 1.807) is 51.1 Å². The van der Waals surface area contributed by atoms with Gasteiger partial charge in [-0.1, -0.05) is 36.4 Å². The van der Waals surface area contributed by atoms with E-state index in [0.29, 0.717) is 28.2 Å². The monoisotopic (exact) mass is 501 g/mol. The largest absolute Gasteiger partial charge is 0.450 e. The lowest BCUT2D eigenvalue weighted by Crippen LogP contribution is -2.48. The lowest BCUT2D eigenvalue weighted by Gasteiger charge is -2.30. The van der Waals surface area contributed by atoms with Crippen LogP contribution in [-0.2, 0) is 16.0 Å². The molecule has 9 heteroatoms. The van der Waals surface area contributed by atoms with E-state index in [9.17, 15) is 20.1 Å². The number of hydrogen-bond acceptors (Lipinski definition) is 7. The average molecular weight is 502 g/mol. The number of carbonyl (C=O) groups excluding carboxylic acids is 2. The highest BCUT2D eigenvalue weighted by atomic mass is 16.6. The highest BCUT2D eigenvalue weighted by Crippen LogP contribution is 2.28. The predicted octanol–water partition coefficient (Wildman–Crippen LogP) is 4.95. The first-order valence-corrected chi connectivity index (χ1v) is 12.0. The van der Waals surface area contributed by atoms with Crippen LogP contribution < -0.4 is 16.5 Å². The van der Waals surface area contributed by atoms with Crippen molar-refractivity contribution < 1.29 is 19.5 Å². The van der Waals surface area contributed by atoms with E-state index in [1.165, 1.54) is 4.90 Å². The first kappa shape index (κ1) is 27.0. The van der Waals surface area contributed by atoms with Crippen LogP contribution in [0.3, 0.4) is 0 Å². The summed E-state index contributed by atoms with van der Waals surface area (Å²) < 4.78 is 5.20. The van der Waals surface area contributed by atoms with Gasteiger partial charge < -0.3 is 15.8 Å². The number of anilines is 3. The summed E-state index contributed by atoms with van der Waals surface area (Å²) in [6.45, 7) is 5.71. The van der Waals surface area contributed by atoms with Crippen molar-refractivity contribution in [3.63, 3.8) is 0 Å². The quantitative estimate of drug-likeness (QED) is 0.240. The Labute approximate surface area is 216 Å². The van der Waals surface area contributed by atoms with Crippen LogP contribution in [0, 0.1) is 18.3 Å². The maximum Gasteiger partial charge on any atom is 0.410 e. The molecule has 0 aliphatic rings. The Kier molecular flexibility index (Phi) is 9.08. The van der Waals surface area contributed by atoms with E-state index in [0.717, 1.165) is 16.7 Å². The summed E-state index contributed by atoms with van der Waals surface area (Å²) in [4.78, 5) is 27.6. The fourth-order valence-electron chi connectivity index (χ4n) is 4.12. The molecule has 0 saturated heterocycles. The summed E-state index contributed by atoms with van der Waals surface area (Å²) >= 11 is 0. The van der Waals surface area contributed by atoms with Crippen LogP contribution in [0.25, 0.3) is 11.1 Å². The zero-order valence-corrected chi connectivity index (χ0v) is 21.1. The van der Waals surface area contributed by atoms with Crippen LogP contribution in [0.2, 0.25) is 0 Å². The van der Waals surface area contributed by atoms with Crippen molar-refractivity contribution >= 4 is 29.1 Å². The Morgan fingerprint density at radius 1 is 1.11 bits per heavy atom. The second-order valence-corrected chi connectivity index (χ2v) is 8.35. The van der Waals surface area contributed by atoms with E-state index in [4.69, 9.17) is 10.5 Å². The number of nitrogens with two attached hydrogens (primary N) is 1. The summed E-state index contributed by atoms with van der Waals surface area (Å²) in [6.07, 6.45) is -0.402. The number of rotatable bonds is 9. The molecule has 2 amide bonds. The minimum absolute atomic E-state index is 0.179. The SMILES string of the molecule is CCOC(=O)N(CC)[C@@H](Cc1ccc(NO)c(N)c1C)C(=O)Nc1ccc(-c2ccccc2C#N)cc1. The summed E-state index contributed by atoms with van der Waals surface area (Å²) in [6, 6.07) is 19.1. The number of benzene rings is 3. The van der Waals surface area contributed by atoms with Crippen molar-refractivity contribution in [2.75, 3.05) is 29.7 Å². The molecule has 1 atom stereocenters. The second-order valence-electron chi connectivity index (χ2n) is 8.35. The predicted molar refractivity (Wildman–Crippen MR) is 143 cm³/mol. The lowest BCUT2D eigenvalue weighted by atomic mass is 9.97. The highest BCUT2D eigenvalue weighted by Gasteiger charge is 2.31. The number of ether oxygens (including phenoxy) is 1. The van der Waals surface area contributed by atoms with Crippen molar-refractivity contribution in [1.82, 2.24) is 4.90 Å². The summed E-state index contributed by atoms with van der Waals surface area (Å²) in [5.41, 5.74) is 13.1. The third kappa shape index (κ3) is 6.18. The third-order valence-electron chi connectivity index (χ3n) is 6.19. The molecule has 0 unspecified atom stereocenters. The third-order valence-corrected chi connectivity index (χ3v) is 6.19. The molecular weight excluding hydrogens is 470 g/mol. The molecule has 0 spiro atoms. The molecule has 0 fully saturated rings. The van der Waals surface area contributed by atoms with Crippen molar-refractivity contribution in [2.24, 2.45) is 0 Å². The number of hydrogen-bond donors (Lipinski definition) is 4. The van der Waals surface area contributed by atoms with Crippen LogP contribution in [0.15, 0.2) is 60.7 Å². The maximum absolute atomic E-state index is 13.5. The molecule has 9 nitrogen and oxygen atoms in total. The number of nitrogens with zero attached hydrogens (tertiary/aromatic N) is 2. The topological polar surface area (TPSA) is 141 Å². The number of carbonyl (C=O) groups is 2. The maximum atomic E-state index is 13.5. The average Bonchev–Trinajstić information content (AvgIpc) is 2.91. The van der Waals surface area contributed by atoms with E-state index in [2.05, 4.69) is 16.9 Å². The molecule has 3 aromatic rings. The van der Waals surface area contributed by atoms with Gasteiger partial charge in [0.05, 0.1) is 29.6 Å². The molecular formula is C28H31N5O4. The normalized spacial score (nSPS) is 11.2. The van der Waals surface area contributed by atoms with Crippen LogP contribution >= 0.6 is 0 Å². The number of amides is 2. The molecule has 0 bridgehead atoms. The minimum atomic E-state index is -0.880. The number of nitrogens with one attached hydrogen (secondary N) is 2. The molecule has 0 aromatic heterocycles. The fourth-order valence-corrected chi connectivity index (χ4v) is 4.12. The molecule has 5 N–H and O–H groups in total. The van der Waals surface area contributed by atoms with Gasteiger partial charge in [0.25, 0.3) is 0 Å². The van der Waals surface area contributed by atoms with Gasteiger partial charge >= 0.3 is 6.09 Å². The first-order valence-electron chi connectivity index (χ1n) is 12.0. The Balaban J connectivity index is 1.89. The van der Waals surface area contributed by atoms with Gasteiger partial charge in [-0.15, -0.1) is 0 Å². The molecule has 0 radical (unpaired) electrons. The molecule has 192 valence electrons. The van der Waals surface area contributed by atoms with Gasteiger partial charge in [-0.3, -0.25) is 20.4 Å². The van der Waals surface area contributed by atoms with Gasteiger partial charge in [0.1, 0.15) is 6.04 Å². The number of likely N-dealkylation sites (N-methyl/N-ethyl adjacent to an activating group) is 1. The highest BCUT2D eigenvalue weighted by molar-refractivity contribution is 5.97. The van der Waals surface area contributed by atoms with Gasteiger partial charge in [-0.25, -0.2) is 4.79 Å². The standard InChI is InChI=1S/C28H31N5O4/c1-4-33(28(35)37-5-2)25(16-20-12-15-24(32-36)26(30)18(20)3)27(34)31-22-13-10-19(11-14-22)23-9-7-6-8-21(23)17-29/h6-15,25,32,36H,4-5,16,30H2,1-3H3,(H,31,34)/t25-/m0/s1. The molecule has 3 rings (SSSR count). The van der Waals surface area contributed by atoms with Crippen molar-refractivity contribution in [3.05, 3.63) is 77.4 Å². The lowest BCUT2D eigenvalue weighted by molar-refractivity contribution is -0.120. The first-order chi connectivity index (χ1) is 17.8. The Morgan fingerprint density at radius 2 is 1.81 bits per heavy atom. The summed E-state index contributed by atoms with van der Waals surface area (Å²) in [5.74, 6) is -0.387. The number of nitrogen functional groups attached to an aromatic ring is 1. The molecule has 0 saturated carbocycles. The molecule has 3 aromatic carbocycles. The van der Waals surface area contributed by atoms with Gasteiger partial charge in [0.2, 0.25) is 5.91 Å². The van der Waals surface area contributed by atoms with Crippen LogP contribution in [-0.4, -0.2) is 41.3 Å². The minimum Gasteiger partial charge on any atom is -0.450 e.